The standard InChI is InChI=1S/C8H8ClF3N2/c1-6(4-9)5-14-3-2-7(13-14)8(10,11)12/h2-4H,5H2,1H3/b6-4-. The van der Waals surface area contributed by atoms with Gasteiger partial charge in [0.2, 0.25) is 0 Å². The van der Waals surface area contributed by atoms with Crippen LogP contribution in [0.25, 0.3) is 0 Å². The van der Waals surface area contributed by atoms with E-state index in [2.05, 4.69) is 5.10 Å². The van der Waals surface area contributed by atoms with E-state index in [0.717, 1.165) is 11.6 Å². The van der Waals surface area contributed by atoms with Crippen LogP contribution in [-0.2, 0) is 12.7 Å². The van der Waals surface area contributed by atoms with Crippen molar-refractivity contribution in [1.82, 2.24) is 9.78 Å². The number of rotatable bonds is 2. The molecule has 0 unspecified atom stereocenters. The van der Waals surface area contributed by atoms with Crippen LogP contribution in [0.5, 0.6) is 0 Å². The van der Waals surface area contributed by atoms with Crippen LogP contribution in [0.3, 0.4) is 0 Å². The fourth-order valence-electron chi connectivity index (χ4n) is 0.891. The zero-order valence-corrected chi connectivity index (χ0v) is 8.10. The fraction of sp³-hybridized carbons (Fsp3) is 0.375. The van der Waals surface area contributed by atoms with Crippen molar-refractivity contribution in [3.63, 3.8) is 0 Å². The van der Waals surface area contributed by atoms with Crippen molar-refractivity contribution < 1.29 is 13.2 Å². The van der Waals surface area contributed by atoms with E-state index in [4.69, 9.17) is 11.6 Å². The lowest BCUT2D eigenvalue weighted by Gasteiger charge is -2.02. The minimum Gasteiger partial charge on any atom is -0.268 e. The van der Waals surface area contributed by atoms with Crippen molar-refractivity contribution in [3.8, 4) is 0 Å². The third-order valence-electron chi connectivity index (χ3n) is 1.53. The van der Waals surface area contributed by atoms with Gasteiger partial charge in [-0.25, -0.2) is 0 Å². The van der Waals surface area contributed by atoms with E-state index in [1.807, 2.05) is 0 Å². The molecule has 1 aromatic rings. The van der Waals surface area contributed by atoms with E-state index in [9.17, 15) is 13.2 Å². The number of aromatic nitrogens is 2. The number of allylic oxidation sites excluding steroid dienone is 1. The highest BCUT2D eigenvalue weighted by atomic mass is 35.5. The van der Waals surface area contributed by atoms with Gasteiger partial charge >= 0.3 is 6.18 Å². The lowest BCUT2D eigenvalue weighted by atomic mass is 10.3. The van der Waals surface area contributed by atoms with Crippen LogP contribution in [0, 0.1) is 0 Å². The number of nitrogens with zero attached hydrogens (tertiary/aromatic N) is 2. The summed E-state index contributed by atoms with van der Waals surface area (Å²) in [5, 5.41) is 3.36. The largest absolute Gasteiger partial charge is 0.435 e. The molecule has 0 bridgehead atoms. The smallest absolute Gasteiger partial charge is 0.268 e. The van der Waals surface area contributed by atoms with Crippen LogP contribution >= 0.6 is 11.6 Å². The Morgan fingerprint density at radius 2 is 2.29 bits per heavy atom. The molecule has 78 valence electrons. The molecule has 14 heavy (non-hydrogen) atoms. The molecule has 0 fully saturated rings. The third-order valence-corrected chi connectivity index (χ3v) is 1.90. The van der Waals surface area contributed by atoms with E-state index in [0.29, 0.717) is 0 Å². The van der Waals surface area contributed by atoms with Crippen LogP contribution in [0.15, 0.2) is 23.4 Å². The van der Waals surface area contributed by atoms with E-state index in [1.165, 1.54) is 16.4 Å². The van der Waals surface area contributed by atoms with Crippen LogP contribution < -0.4 is 0 Å². The quantitative estimate of drug-likeness (QED) is 0.755. The van der Waals surface area contributed by atoms with Crippen molar-refractivity contribution in [3.05, 3.63) is 29.1 Å². The molecule has 0 spiro atoms. The van der Waals surface area contributed by atoms with Gasteiger partial charge < -0.3 is 0 Å². The molecule has 2 nitrogen and oxygen atoms in total. The zero-order chi connectivity index (χ0) is 10.8. The number of hydrogen-bond acceptors (Lipinski definition) is 1. The highest BCUT2D eigenvalue weighted by Crippen LogP contribution is 2.27. The molecule has 1 rings (SSSR count). The molecule has 0 aliphatic carbocycles. The second kappa shape index (κ2) is 4.04. The van der Waals surface area contributed by atoms with Gasteiger partial charge in [0.1, 0.15) is 0 Å². The average Bonchev–Trinajstić information content (AvgIpc) is 2.51. The second-order valence-electron chi connectivity index (χ2n) is 2.85. The van der Waals surface area contributed by atoms with E-state index < -0.39 is 11.9 Å². The Bertz CT molecular complexity index is 341. The summed E-state index contributed by atoms with van der Waals surface area (Å²) in [6.45, 7) is 1.97. The summed E-state index contributed by atoms with van der Waals surface area (Å²) in [6, 6.07) is 0.932. The van der Waals surface area contributed by atoms with E-state index >= 15 is 0 Å². The normalized spacial score (nSPS) is 13.4. The first-order valence-corrected chi connectivity index (χ1v) is 4.23. The summed E-state index contributed by atoms with van der Waals surface area (Å²) in [5.74, 6) is 0. The van der Waals surface area contributed by atoms with E-state index in [1.54, 1.807) is 6.92 Å². The predicted octanol–water partition coefficient (Wildman–Crippen LogP) is 3.04. The molecule has 0 saturated carbocycles. The highest BCUT2D eigenvalue weighted by Gasteiger charge is 2.33. The number of alkyl halides is 3. The molecule has 6 heteroatoms. The van der Waals surface area contributed by atoms with Crippen molar-refractivity contribution in [2.75, 3.05) is 0 Å². The maximum Gasteiger partial charge on any atom is 0.435 e. The van der Waals surface area contributed by atoms with Gasteiger partial charge in [-0.15, -0.1) is 0 Å². The van der Waals surface area contributed by atoms with Gasteiger partial charge in [-0.2, -0.15) is 18.3 Å². The SMILES string of the molecule is C/C(=C/Cl)Cn1ccc(C(F)(F)F)n1. The molecule has 0 N–H and O–H groups in total. The van der Waals surface area contributed by atoms with Crippen LogP contribution in [0.4, 0.5) is 13.2 Å². The first kappa shape index (κ1) is 11.1. The Hall–Kier alpha value is -0.970. The summed E-state index contributed by atoms with van der Waals surface area (Å²) >= 11 is 5.37. The fourth-order valence-corrected chi connectivity index (χ4v) is 0.960. The average molecular weight is 225 g/mol. The summed E-state index contributed by atoms with van der Waals surface area (Å²) < 4.78 is 37.5. The molecular formula is C8H8ClF3N2. The topological polar surface area (TPSA) is 17.8 Å². The van der Waals surface area contributed by atoms with Gasteiger partial charge in [0.15, 0.2) is 5.69 Å². The van der Waals surface area contributed by atoms with Crippen molar-refractivity contribution in [2.24, 2.45) is 0 Å². The maximum absolute atomic E-state index is 12.1. The minimum absolute atomic E-state index is 0.263. The van der Waals surface area contributed by atoms with Crippen LogP contribution in [0.2, 0.25) is 0 Å². The first-order valence-electron chi connectivity index (χ1n) is 3.80. The van der Waals surface area contributed by atoms with Gasteiger partial charge in [-0.05, 0) is 18.6 Å². The highest BCUT2D eigenvalue weighted by molar-refractivity contribution is 6.25. The van der Waals surface area contributed by atoms with Gasteiger partial charge in [-0.3, -0.25) is 4.68 Å². The summed E-state index contributed by atoms with van der Waals surface area (Å²) in [5.41, 5.74) is 1.16. The van der Waals surface area contributed by atoms with Crippen LogP contribution in [-0.4, -0.2) is 9.78 Å². The Kier molecular flexibility index (Phi) is 3.21. The molecule has 0 amide bonds. The van der Waals surface area contributed by atoms with Gasteiger partial charge in [0.05, 0.1) is 6.54 Å². The predicted molar refractivity (Wildman–Crippen MR) is 46.8 cm³/mol. The van der Waals surface area contributed by atoms with Crippen LogP contribution in [0.1, 0.15) is 12.6 Å². The molecular weight excluding hydrogens is 217 g/mol. The molecule has 0 radical (unpaired) electrons. The Morgan fingerprint density at radius 3 is 2.71 bits per heavy atom. The third kappa shape index (κ3) is 2.77. The number of hydrogen-bond donors (Lipinski definition) is 0. The van der Waals surface area contributed by atoms with Gasteiger partial charge in [0.25, 0.3) is 0 Å². The van der Waals surface area contributed by atoms with Gasteiger partial charge in [-0.1, -0.05) is 11.6 Å². The van der Waals surface area contributed by atoms with Gasteiger partial charge in [0, 0.05) is 11.7 Å². The monoisotopic (exact) mass is 224 g/mol. The molecule has 0 aliphatic heterocycles. The van der Waals surface area contributed by atoms with Crippen molar-refractivity contribution >= 4 is 11.6 Å². The molecule has 0 aromatic carbocycles. The summed E-state index contributed by atoms with van der Waals surface area (Å²) in [6.07, 6.45) is -3.11. The number of halogens is 4. The Morgan fingerprint density at radius 1 is 1.64 bits per heavy atom. The maximum atomic E-state index is 12.1. The van der Waals surface area contributed by atoms with Crippen molar-refractivity contribution in [2.45, 2.75) is 19.6 Å². The summed E-state index contributed by atoms with van der Waals surface area (Å²) in [7, 11) is 0. The molecule has 0 atom stereocenters. The molecule has 1 heterocycles. The zero-order valence-electron chi connectivity index (χ0n) is 7.35. The van der Waals surface area contributed by atoms with E-state index in [-0.39, 0.29) is 6.54 Å². The molecule has 1 aromatic heterocycles. The van der Waals surface area contributed by atoms with Crippen molar-refractivity contribution in [1.29, 1.82) is 0 Å². The molecule has 0 aliphatic rings. The Labute approximate surface area is 84.0 Å². The second-order valence-corrected chi connectivity index (χ2v) is 3.07. The minimum atomic E-state index is -4.39. The lowest BCUT2D eigenvalue weighted by molar-refractivity contribution is -0.141. The molecule has 0 saturated heterocycles. The summed E-state index contributed by atoms with van der Waals surface area (Å²) in [4.78, 5) is 0. The first-order chi connectivity index (χ1) is 6.43. The Balaban J connectivity index is 2.79. The lowest BCUT2D eigenvalue weighted by Crippen LogP contribution is -2.08.